The number of rotatable bonds is 13. The van der Waals surface area contributed by atoms with Gasteiger partial charge in [-0.3, -0.25) is 9.59 Å². The largest absolute Gasteiger partial charge is 0.494 e. The van der Waals surface area contributed by atoms with Gasteiger partial charge in [-0.15, -0.1) is 0 Å². The third-order valence-corrected chi connectivity index (χ3v) is 7.54. The van der Waals surface area contributed by atoms with Crippen LogP contribution in [0.1, 0.15) is 78.2 Å². The molecule has 4 N–H and O–H groups in total. The number of esters is 3. The number of hydrogen-bond acceptors (Lipinski definition) is 11. The lowest BCUT2D eigenvalue weighted by Crippen LogP contribution is -2.26. The van der Waals surface area contributed by atoms with Crippen molar-refractivity contribution in [3.63, 3.8) is 0 Å². The van der Waals surface area contributed by atoms with Gasteiger partial charge in [0.2, 0.25) is 0 Å². The average molecular weight is 649 g/mol. The van der Waals surface area contributed by atoms with Crippen LogP contribution in [0, 0.1) is 0 Å². The molecule has 11 nitrogen and oxygen atoms in total. The van der Waals surface area contributed by atoms with Crippen LogP contribution in [-0.4, -0.2) is 42.7 Å². The standard InChI is InChI=1S/C37H32N2O9/c1-2-30(40)46-20-8-4-3-7-19-45-23-15-17-25(18-16-23)47-36(43)22-11-13-24(14-12-22)48-37(44)28-21-29(38)31-32(33(28)39)35(42)27-10-6-5-9-26(27)34(31)41/h2,5-6,9-18,21H,1,3-4,7-8,19-20,38-39H2. The minimum atomic E-state index is -0.898. The molecule has 0 unspecified atom stereocenters. The van der Waals surface area contributed by atoms with Crippen molar-refractivity contribution in [3.05, 3.63) is 125 Å². The average Bonchev–Trinajstić information content (AvgIpc) is 3.09. The van der Waals surface area contributed by atoms with Crippen LogP contribution in [-0.2, 0) is 9.53 Å². The minimum Gasteiger partial charge on any atom is -0.494 e. The zero-order chi connectivity index (χ0) is 34.2. The van der Waals surface area contributed by atoms with Crippen molar-refractivity contribution in [2.24, 2.45) is 0 Å². The maximum Gasteiger partial charge on any atom is 0.345 e. The van der Waals surface area contributed by atoms with Crippen molar-refractivity contribution < 1.29 is 42.9 Å². The number of benzene rings is 4. The van der Waals surface area contributed by atoms with Gasteiger partial charge in [0.25, 0.3) is 0 Å². The fourth-order valence-electron chi connectivity index (χ4n) is 5.09. The van der Waals surface area contributed by atoms with Crippen molar-refractivity contribution in [3.8, 4) is 17.2 Å². The molecule has 1 aliphatic carbocycles. The van der Waals surface area contributed by atoms with Crippen molar-refractivity contribution in [1.82, 2.24) is 0 Å². The van der Waals surface area contributed by atoms with Gasteiger partial charge in [-0.2, -0.15) is 0 Å². The number of unbranched alkanes of at least 4 members (excludes halogenated alkanes) is 3. The summed E-state index contributed by atoms with van der Waals surface area (Å²) < 4.78 is 21.6. The van der Waals surface area contributed by atoms with Crippen LogP contribution < -0.4 is 25.7 Å². The zero-order valence-corrected chi connectivity index (χ0v) is 25.9. The van der Waals surface area contributed by atoms with Crippen LogP contribution in [0.2, 0.25) is 0 Å². The van der Waals surface area contributed by atoms with Gasteiger partial charge in [0, 0.05) is 22.9 Å². The number of ketones is 2. The normalized spacial score (nSPS) is 11.6. The van der Waals surface area contributed by atoms with Gasteiger partial charge >= 0.3 is 17.9 Å². The van der Waals surface area contributed by atoms with Gasteiger partial charge in [0.05, 0.1) is 41.2 Å². The first kappa shape index (κ1) is 33.1. The summed E-state index contributed by atoms with van der Waals surface area (Å²) in [6.07, 6.45) is 4.59. The molecule has 0 saturated heterocycles. The number of hydrogen-bond donors (Lipinski definition) is 2. The lowest BCUT2D eigenvalue weighted by Gasteiger charge is -2.21. The predicted molar refractivity (Wildman–Crippen MR) is 176 cm³/mol. The Bertz CT molecular complexity index is 1900. The Kier molecular flexibility index (Phi) is 10.3. The number of ether oxygens (including phenoxy) is 4. The van der Waals surface area contributed by atoms with Gasteiger partial charge < -0.3 is 30.4 Å². The molecule has 0 radical (unpaired) electrons. The summed E-state index contributed by atoms with van der Waals surface area (Å²) >= 11 is 0. The molecule has 0 bridgehead atoms. The van der Waals surface area contributed by atoms with Crippen LogP contribution >= 0.6 is 0 Å². The molecule has 0 fully saturated rings. The first-order valence-electron chi connectivity index (χ1n) is 15.1. The zero-order valence-electron chi connectivity index (χ0n) is 25.9. The Balaban J connectivity index is 1.13. The van der Waals surface area contributed by atoms with Crippen molar-refractivity contribution in [1.29, 1.82) is 0 Å². The van der Waals surface area contributed by atoms with E-state index >= 15 is 0 Å². The van der Waals surface area contributed by atoms with Gasteiger partial charge in [-0.1, -0.05) is 30.8 Å². The first-order valence-corrected chi connectivity index (χ1v) is 15.1. The fourth-order valence-corrected chi connectivity index (χ4v) is 5.09. The maximum atomic E-state index is 13.2. The van der Waals surface area contributed by atoms with E-state index in [2.05, 4.69) is 6.58 Å². The highest BCUT2D eigenvalue weighted by Gasteiger charge is 2.35. The van der Waals surface area contributed by atoms with E-state index in [1.54, 1.807) is 36.4 Å². The highest BCUT2D eigenvalue weighted by molar-refractivity contribution is 6.32. The maximum absolute atomic E-state index is 13.2. The SMILES string of the molecule is C=CC(=O)OCCCCCCOc1ccc(OC(=O)c2ccc(OC(=O)c3cc(N)c4c(c3N)C(=O)c3ccccc3C4=O)cc2)cc1. The molecule has 0 aliphatic heterocycles. The Morgan fingerprint density at radius 2 is 1.21 bits per heavy atom. The summed E-state index contributed by atoms with van der Waals surface area (Å²) in [6.45, 7) is 4.24. The van der Waals surface area contributed by atoms with Gasteiger partial charge in [0.1, 0.15) is 17.2 Å². The van der Waals surface area contributed by atoms with Crippen molar-refractivity contribution >= 4 is 40.8 Å². The molecule has 0 atom stereocenters. The van der Waals surface area contributed by atoms with Crippen molar-refractivity contribution in [2.45, 2.75) is 25.7 Å². The molecule has 1 aliphatic rings. The summed E-state index contributed by atoms with van der Waals surface area (Å²) in [6, 6.07) is 19.8. The fraction of sp³-hybridized carbons (Fsp3) is 0.162. The predicted octanol–water partition coefficient (Wildman–Crippen LogP) is 5.73. The molecule has 0 amide bonds. The summed E-state index contributed by atoms with van der Waals surface area (Å²) in [5.41, 5.74) is 12.3. The Morgan fingerprint density at radius 3 is 1.83 bits per heavy atom. The second kappa shape index (κ2) is 14.9. The summed E-state index contributed by atoms with van der Waals surface area (Å²) in [7, 11) is 0. The second-order valence-electron chi connectivity index (χ2n) is 10.8. The molecule has 4 aromatic carbocycles. The quantitative estimate of drug-likeness (QED) is 0.0524. The van der Waals surface area contributed by atoms with E-state index in [9.17, 15) is 24.0 Å². The minimum absolute atomic E-state index is 0.0493. The number of anilines is 2. The van der Waals surface area contributed by atoms with E-state index in [-0.39, 0.29) is 50.5 Å². The molecule has 11 heteroatoms. The third-order valence-electron chi connectivity index (χ3n) is 7.54. The number of nitrogens with two attached hydrogens (primary N) is 2. The molecule has 0 spiro atoms. The molecule has 48 heavy (non-hydrogen) atoms. The van der Waals surface area contributed by atoms with E-state index in [4.69, 9.17) is 30.4 Å². The monoisotopic (exact) mass is 648 g/mol. The summed E-state index contributed by atoms with van der Waals surface area (Å²) in [5.74, 6) is -1.88. The van der Waals surface area contributed by atoms with Crippen LogP contribution in [0.3, 0.4) is 0 Å². The van der Waals surface area contributed by atoms with Gasteiger partial charge in [-0.05, 0) is 80.3 Å². The molecule has 0 aromatic heterocycles. The van der Waals surface area contributed by atoms with E-state index in [1.807, 2.05) is 0 Å². The Hall–Kier alpha value is -6.23. The molecule has 5 rings (SSSR count). The number of carbonyl (C=O) groups excluding carboxylic acids is 5. The molecular weight excluding hydrogens is 616 g/mol. The van der Waals surface area contributed by atoms with Crippen LogP contribution in [0.25, 0.3) is 0 Å². The van der Waals surface area contributed by atoms with Crippen LogP contribution in [0.15, 0.2) is 91.5 Å². The molecule has 0 saturated carbocycles. The van der Waals surface area contributed by atoms with Crippen LogP contribution in [0.4, 0.5) is 11.4 Å². The molecule has 244 valence electrons. The highest BCUT2D eigenvalue weighted by Crippen LogP contribution is 2.36. The Morgan fingerprint density at radius 1 is 0.667 bits per heavy atom. The van der Waals surface area contributed by atoms with Crippen molar-refractivity contribution in [2.75, 3.05) is 24.7 Å². The lowest BCUT2D eigenvalue weighted by molar-refractivity contribution is -0.137. The number of carbonyl (C=O) groups is 5. The van der Waals surface area contributed by atoms with Crippen LogP contribution in [0.5, 0.6) is 17.2 Å². The topological polar surface area (TPSA) is 174 Å². The number of fused-ring (bicyclic) bond motifs is 2. The molecule has 4 aromatic rings. The second-order valence-corrected chi connectivity index (χ2v) is 10.8. The summed E-state index contributed by atoms with van der Waals surface area (Å²) in [5, 5.41) is 0. The van der Waals surface area contributed by atoms with E-state index in [0.29, 0.717) is 24.7 Å². The highest BCUT2D eigenvalue weighted by atomic mass is 16.5. The lowest BCUT2D eigenvalue weighted by atomic mass is 9.81. The molecule has 0 heterocycles. The smallest absolute Gasteiger partial charge is 0.345 e. The van der Waals surface area contributed by atoms with E-state index in [1.165, 1.54) is 42.5 Å². The first-order chi connectivity index (χ1) is 23.2. The third kappa shape index (κ3) is 7.42. The van der Waals surface area contributed by atoms with E-state index < -0.39 is 29.5 Å². The molecular formula is C37H32N2O9. The van der Waals surface area contributed by atoms with Gasteiger partial charge in [-0.25, -0.2) is 14.4 Å². The number of nitrogen functional groups attached to an aromatic ring is 2. The summed E-state index contributed by atoms with van der Waals surface area (Å²) in [4.78, 5) is 63.1. The van der Waals surface area contributed by atoms with E-state index in [0.717, 1.165) is 31.8 Å². The van der Waals surface area contributed by atoms with Gasteiger partial charge in [0.15, 0.2) is 11.6 Å². The Labute approximate surface area is 276 Å².